The zero-order chi connectivity index (χ0) is 21.6. The summed E-state index contributed by atoms with van der Waals surface area (Å²) < 4.78 is 17.3. The molecule has 0 radical (unpaired) electrons. The van der Waals surface area contributed by atoms with Crippen molar-refractivity contribution in [1.82, 2.24) is 24.8 Å². The molecule has 0 amide bonds. The number of carbonyl (C=O) groups is 1. The van der Waals surface area contributed by atoms with Crippen LogP contribution in [0.15, 0.2) is 35.3 Å². The van der Waals surface area contributed by atoms with Gasteiger partial charge < -0.3 is 24.5 Å². The van der Waals surface area contributed by atoms with Crippen LogP contribution in [0.4, 0.5) is 0 Å². The normalized spacial score (nSPS) is 16.0. The van der Waals surface area contributed by atoms with Gasteiger partial charge in [-0.05, 0) is 30.5 Å². The third kappa shape index (κ3) is 5.09. The predicted octanol–water partition coefficient (Wildman–Crippen LogP) is 0.988. The number of hydrogen-bond donors (Lipinski definition) is 2. The number of ether oxygens (including phenoxy) is 3. The first-order chi connectivity index (χ1) is 15.1. The molecule has 1 fully saturated rings. The molecular weight excluding hydrogens is 402 g/mol. The molecule has 164 valence electrons. The number of hydrogen-bond acceptors (Lipinski definition) is 8. The number of carbonyl (C=O) groups excluding carboxylic acids is 1. The van der Waals surface area contributed by atoms with Crippen LogP contribution >= 0.6 is 0 Å². The Bertz CT molecular complexity index is 1090. The van der Waals surface area contributed by atoms with Crippen LogP contribution < -0.4 is 15.7 Å². The smallest absolute Gasteiger partial charge is 0.328 e. The summed E-state index contributed by atoms with van der Waals surface area (Å²) in [6.45, 7) is 2.15. The van der Waals surface area contributed by atoms with Crippen LogP contribution in [-0.4, -0.2) is 58.4 Å². The number of aromatic nitrogens is 4. The van der Waals surface area contributed by atoms with E-state index in [4.69, 9.17) is 14.2 Å². The van der Waals surface area contributed by atoms with E-state index in [1.54, 1.807) is 7.11 Å². The van der Waals surface area contributed by atoms with Crippen molar-refractivity contribution < 1.29 is 19.0 Å². The number of methoxy groups -OCH3 is 1. The zero-order valence-electron chi connectivity index (χ0n) is 17.3. The van der Waals surface area contributed by atoms with Gasteiger partial charge in [-0.25, -0.2) is 9.78 Å². The van der Waals surface area contributed by atoms with Gasteiger partial charge >= 0.3 is 17.7 Å². The average Bonchev–Trinajstić information content (AvgIpc) is 3.42. The van der Waals surface area contributed by atoms with Crippen LogP contribution in [0.25, 0.3) is 11.2 Å². The molecule has 1 atom stereocenters. The first kappa shape index (κ1) is 21.0. The average molecular weight is 427 g/mol. The van der Waals surface area contributed by atoms with Crippen molar-refractivity contribution >= 4 is 17.1 Å². The van der Waals surface area contributed by atoms with Gasteiger partial charge in [-0.2, -0.15) is 4.98 Å². The second kappa shape index (κ2) is 9.71. The summed E-state index contributed by atoms with van der Waals surface area (Å²) in [5.41, 5.74) is 2.52. The topological polar surface area (TPSA) is 120 Å². The van der Waals surface area contributed by atoms with Crippen LogP contribution in [0.2, 0.25) is 0 Å². The molecule has 0 spiro atoms. The SMILES string of the molecule is COCCOc1ncc2[nH]c(=O)n(Cc3ccc(COC(=O)[C@H]4CCCN4)cc3)c2n1. The van der Waals surface area contributed by atoms with Gasteiger partial charge in [0.05, 0.1) is 19.3 Å². The molecule has 2 aromatic heterocycles. The van der Waals surface area contributed by atoms with Crippen LogP contribution in [0.5, 0.6) is 6.01 Å². The third-order valence-corrected chi connectivity index (χ3v) is 5.10. The van der Waals surface area contributed by atoms with Gasteiger partial charge in [-0.1, -0.05) is 24.3 Å². The summed E-state index contributed by atoms with van der Waals surface area (Å²) in [4.78, 5) is 35.6. The van der Waals surface area contributed by atoms with Gasteiger partial charge in [0, 0.05) is 7.11 Å². The second-order valence-electron chi connectivity index (χ2n) is 7.32. The standard InChI is InChI=1S/C21H25N5O5/c1-29-9-10-30-20-23-11-17-18(25-20)26(21(28)24-17)12-14-4-6-15(7-5-14)13-31-19(27)16-3-2-8-22-16/h4-7,11,16,22H,2-3,8-10,12-13H2,1H3,(H,24,28)/t16-/m1/s1. The lowest BCUT2D eigenvalue weighted by Gasteiger charge is -2.11. The second-order valence-corrected chi connectivity index (χ2v) is 7.32. The molecule has 0 saturated carbocycles. The summed E-state index contributed by atoms with van der Waals surface area (Å²) in [7, 11) is 1.58. The number of fused-ring (bicyclic) bond motifs is 1. The minimum atomic E-state index is -0.277. The number of rotatable bonds is 9. The molecule has 10 nitrogen and oxygen atoms in total. The lowest BCUT2D eigenvalue weighted by atomic mass is 10.1. The molecule has 2 N–H and O–H groups in total. The van der Waals surface area contributed by atoms with Crippen molar-refractivity contribution in [2.24, 2.45) is 0 Å². The van der Waals surface area contributed by atoms with Gasteiger partial charge in [0.25, 0.3) is 0 Å². The lowest BCUT2D eigenvalue weighted by Crippen LogP contribution is -2.32. The van der Waals surface area contributed by atoms with Gasteiger partial charge in [-0.3, -0.25) is 9.36 Å². The molecule has 1 saturated heterocycles. The van der Waals surface area contributed by atoms with Crippen molar-refractivity contribution in [2.75, 3.05) is 26.9 Å². The number of H-pyrrole nitrogens is 1. The summed E-state index contributed by atoms with van der Waals surface area (Å²) in [6.07, 6.45) is 3.34. The first-order valence-corrected chi connectivity index (χ1v) is 10.2. The summed E-state index contributed by atoms with van der Waals surface area (Å²) in [6, 6.07) is 7.57. The number of imidazole rings is 1. The Hall–Kier alpha value is -3.24. The van der Waals surface area contributed by atoms with Crippen molar-refractivity contribution in [3.05, 3.63) is 52.1 Å². The Kier molecular flexibility index (Phi) is 6.58. The van der Waals surface area contributed by atoms with Gasteiger partial charge in [0.15, 0.2) is 5.65 Å². The molecule has 3 heterocycles. The molecule has 31 heavy (non-hydrogen) atoms. The largest absolute Gasteiger partial charge is 0.461 e. The van der Waals surface area contributed by atoms with Gasteiger partial charge in [0.2, 0.25) is 0 Å². The quantitative estimate of drug-likeness (QED) is 0.383. The number of benzene rings is 1. The Morgan fingerprint density at radius 2 is 2.03 bits per heavy atom. The monoisotopic (exact) mass is 427 g/mol. The van der Waals surface area contributed by atoms with E-state index in [0.29, 0.717) is 30.9 Å². The van der Waals surface area contributed by atoms with E-state index < -0.39 is 0 Å². The highest BCUT2D eigenvalue weighted by Crippen LogP contribution is 2.14. The summed E-state index contributed by atoms with van der Waals surface area (Å²) in [5.74, 6) is -0.213. The Morgan fingerprint density at radius 3 is 2.77 bits per heavy atom. The summed E-state index contributed by atoms with van der Waals surface area (Å²) >= 11 is 0. The van der Waals surface area contributed by atoms with Crippen molar-refractivity contribution in [2.45, 2.75) is 32.0 Å². The van der Waals surface area contributed by atoms with E-state index in [9.17, 15) is 9.59 Å². The molecular formula is C21H25N5O5. The number of nitrogens with zero attached hydrogens (tertiary/aromatic N) is 3. The minimum absolute atomic E-state index is 0.186. The zero-order valence-corrected chi connectivity index (χ0v) is 17.3. The van der Waals surface area contributed by atoms with Gasteiger partial charge in [0.1, 0.15) is 24.8 Å². The highest BCUT2D eigenvalue weighted by Gasteiger charge is 2.23. The Balaban J connectivity index is 1.42. The van der Waals surface area contributed by atoms with Crippen LogP contribution in [0, 0.1) is 0 Å². The predicted molar refractivity (Wildman–Crippen MR) is 112 cm³/mol. The summed E-state index contributed by atoms with van der Waals surface area (Å²) in [5, 5.41) is 3.13. The van der Waals surface area contributed by atoms with E-state index in [1.165, 1.54) is 10.8 Å². The number of nitrogens with one attached hydrogen (secondary N) is 2. The molecule has 4 rings (SSSR count). The number of aromatic amines is 1. The van der Waals surface area contributed by atoms with E-state index in [1.807, 2.05) is 24.3 Å². The fourth-order valence-corrected chi connectivity index (χ4v) is 3.43. The number of esters is 1. The van der Waals surface area contributed by atoms with E-state index in [2.05, 4.69) is 20.3 Å². The molecule has 0 bridgehead atoms. The van der Waals surface area contributed by atoms with E-state index >= 15 is 0 Å². The Labute approximate surface area is 178 Å². The van der Waals surface area contributed by atoms with Crippen LogP contribution in [0.3, 0.4) is 0 Å². The maximum absolute atomic E-state index is 12.4. The van der Waals surface area contributed by atoms with Gasteiger partial charge in [-0.15, -0.1) is 0 Å². The highest BCUT2D eigenvalue weighted by molar-refractivity contribution is 5.76. The van der Waals surface area contributed by atoms with E-state index in [0.717, 1.165) is 30.5 Å². The van der Waals surface area contributed by atoms with Crippen molar-refractivity contribution in [1.29, 1.82) is 0 Å². The maximum Gasteiger partial charge on any atom is 0.328 e. The first-order valence-electron chi connectivity index (χ1n) is 10.2. The molecule has 0 unspecified atom stereocenters. The lowest BCUT2D eigenvalue weighted by molar-refractivity contribution is -0.147. The fourth-order valence-electron chi connectivity index (χ4n) is 3.43. The molecule has 0 aliphatic carbocycles. The molecule has 3 aromatic rings. The maximum atomic E-state index is 12.4. The highest BCUT2D eigenvalue weighted by atomic mass is 16.5. The minimum Gasteiger partial charge on any atom is -0.461 e. The molecule has 1 aliphatic heterocycles. The Morgan fingerprint density at radius 1 is 1.23 bits per heavy atom. The fraction of sp³-hybridized carbons (Fsp3) is 0.429. The third-order valence-electron chi connectivity index (χ3n) is 5.10. The molecule has 1 aliphatic rings. The van der Waals surface area contributed by atoms with Crippen LogP contribution in [-0.2, 0) is 27.4 Å². The molecule has 10 heteroatoms. The van der Waals surface area contributed by atoms with E-state index in [-0.39, 0.29) is 30.3 Å². The van der Waals surface area contributed by atoms with Crippen molar-refractivity contribution in [3.8, 4) is 6.01 Å². The van der Waals surface area contributed by atoms with Crippen LogP contribution in [0.1, 0.15) is 24.0 Å². The van der Waals surface area contributed by atoms with Crippen molar-refractivity contribution in [3.63, 3.8) is 0 Å². The molecule has 1 aromatic carbocycles.